The number of carbonyl (C=O) groups is 2. The topological polar surface area (TPSA) is 52.7 Å². The Bertz CT molecular complexity index is 935. The zero-order chi connectivity index (χ0) is 19.1. The van der Waals surface area contributed by atoms with Crippen molar-refractivity contribution in [1.82, 2.24) is 10.2 Å². The summed E-state index contributed by atoms with van der Waals surface area (Å²) in [6.45, 7) is 2.48. The van der Waals surface area contributed by atoms with Crippen molar-refractivity contribution < 1.29 is 9.59 Å². The van der Waals surface area contributed by atoms with Crippen LogP contribution >= 0.6 is 11.6 Å². The largest absolute Gasteiger partial charge is 0.327 e. The molecule has 0 spiro atoms. The fourth-order valence-corrected chi connectivity index (χ4v) is 3.72. The quantitative estimate of drug-likeness (QED) is 0.876. The number of nitrogens with zero attached hydrogens (tertiary/aromatic N) is 2. The maximum Gasteiger partial charge on any atom is 0.322 e. The van der Waals surface area contributed by atoms with Gasteiger partial charge in [0, 0.05) is 17.8 Å². The van der Waals surface area contributed by atoms with E-state index in [2.05, 4.69) is 12.2 Å². The van der Waals surface area contributed by atoms with Gasteiger partial charge in [0.05, 0.1) is 23.9 Å². The fourth-order valence-electron chi connectivity index (χ4n) is 3.59. The van der Waals surface area contributed by atoms with Crippen LogP contribution in [0.2, 0.25) is 5.02 Å². The molecule has 0 bridgehead atoms. The highest BCUT2D eigenvalue weighted by Gasteiger charge is 2.43. The number of hydrogen-bond donors (Lipinski definition) is 1. The maximum absolute atomic E-state index is 13.3. The molecule has 0 saturated heterocycles. The van der Waals surface area contributed by atoms with Crippen LogP contribution in [0.4, 0.5) is 10.5 Å². The molecule has 2 aliphatic heterocycles. The third-order valence-corrected chi connectivity index (χ3v) is 5.47. The Labute approximate surface area is 163 Å². The number of hydrogen-bond acceptors (Lipinski definition) is 2. The fraction of sp³-hybridized carbons (Fsp3) is 0.238. The van der Waals surface area contributed by atoms with Gasteiger partial charge in [0.15, 0.2) is 0 Å². The number of aryl methyl sites for hydroxylation is 1. The van der Waals surface area contributed by atoms with Crippen LogP contribution in [0.25, 0.3) is 0 Å². The van der Waals surface area contributed by atoms with E-state index < -0.39 is 6.04 Å². The van der Waals surface area contributed by atoms with Gasteiger partial charge in [-0.2, -0.15) is 0 Å². The van der Waals surface area contributed by atoms with Crippen LogP contribution in [0.3, 0.4) is 0 Å². The minimum Gasteiger partial charge on any atom is -0.327 e. The molecule has 2 aromatic carbocycles. The van der Waals surface area contributed by atoms with Gasteiger partial charge in [-0.05, 0) is 41.8 Å². The second kappa shape index (κ2) is 6.74. The van der Waals surface area contributed by atoms with Crippen molar-refractivity contribution in [1.29, 1.82) is 0 Å². The summed E-state index contributed by atoms with van der Waals surface area (Å²) in [5.74, 6) is -0.0824. The highest BCUT2D eigenvalue weighted by molar-refractivity contribution is 6.30. The molecule has 3 amide bonds. The van der Waals surface area contributed by atoms with Gasteiger partial charge in [-0.3, -0.25) is 9.69 Å². The smallest absolute Gasteiger partial charge is 0.322 e. The van der Waals surface area contributed by atoms with Crippen molar-refractivity contribution in [3.8, 4) is 0 Å². The van der Waals surface area contributed by atoms with E-state index in [-0.39, 0.29) is 11.9 Å². The number of benzene rings is 2. The first kappa shape index (κ1) is 17.6. The summed E-state index contributed by atoms with van der Waals surface area (Å²) in [5.41, 5.74) is 4.24. The molecule has 138 valence electrons. The van der Waals surface area contributed by atoms with Crippen molar-refractivity contribution in [3.63, 3.8) is 0 Å². The summed E-state index contributed by atoms with van der Waals surface area (Å²) >= 11 is 5.99. The highest BCUT2D eigenvalue weighted by atomic mass is 35.5. The number of halogens is 1. The van der Waals surface area contributed by atoms with Crippen LogP contribution in [0.15, 0.2) is 59.8 Å². The summed E-state index contributed by atoms with van der Waals surface area (Å²) in [7, 11) is 1.69. The molecule has 5 nitrogen and oxygen atoms in total. The van der Waals surface area contributed by atoms with Crippen LogP contribution in [0, 0.1) is 0 Å². The van der Waals surface area contributed by atoms with Gasteiger partial charge in [-0.25, -0.2) is 4.79 Å². The van der Waals surface area contributed by atoms with Crippen LogP contribution in [-0.4, -0.2) is 30.4 Å². The van der Waals surface area contributed by atoms with Gasteiger partial charge < -0.3 is 10.2 Å². The zero-order valence-electron chi connectivity index (χ0n) is 15.2. The maximum atomic E-state index is 13.3. The van der Waals surface area contributed by atoms with Crippen molar-refractivity contribution in [2.45, 2.75) is 19.4 Å². The number of anilines is 1. The molecule has 0 radical (unpaired) electrons. The Hall–Kier alpha value is -2.79. The first-order valence-electron chi connectivity index (χ1n) is 8.93. The van der Waals surface area contributed by atoms with Crippen LogP contribution < -0.4 is 10.2 Å². The van der Waals surface area contributed by atoms with Gasteiger partial charge in [0.1, 0.15) is 0 Å². The average Bonchev–Trinajstić information content (AvgIpc) is 3.03. The molecule has 4 rings (SSSR count). The summed E-state index contributed by atoms with van der Waals surface area (Å²) in [5, 5.41) is 3.55. The summed E-state index contributed by atoms with van der Waals surface area (Å²) in [6, 6.07) is 14.5. The number of amides is 3. The van der Waals surface area contributed by atoms with E-state index in [0.717, 1.165) is 23.4 Å². The Morgan fingerprint density at radius 3 is 2.37 bits per heavy atom. The molecule has 0 aromatic heterocycles. The van der Waals surface area contributed by atoms with Crippen LogP contribution in [0.5, 0.6) is 0 Å². The number of urea groups is 1. The molecule has 6 heteroatoms. The first-order valence-corrected chi connectivity index (χ1v) is 9.31. The normalized spacial score (nSPS) is 19.4. The lowest BCUT2D eigenvalue weighted by molar-refractivity contribution is -0.114. The lowest BCUT2D eigenvalue weighted by Crippen LogP contribution is -2.45. The first-order chi connectivity index (χ1) is 13.0. The summed E-state index contributed by atoms with van der Waals surface area (Å²) in [6.07, 6.45) is 0.947. The molecule has 1 unspecified atom stereocenters. The van der Waals surface area contributed by atoms with Crippen molar-refractivity contribution >= 4 is 29.2 Å². The Balaban J connectivity index is 1.72. The lowest BCUT2D eigenvalue weighted by Gasteiger charge is -2.31. The van der Waals surface area contributed by atoms with Gasteiger partial charge in [-0.15, -0.1) is 0 Å². The van der Waals surface area contributed by atoms with Gasteiger partial charge in [0.25, 0.3) is 5.91 Å². The minimum atomic E-state index is -0.478. The number of carbonyl (C=O) groups excluding carboxylic acids is 2. The molecule has 1 N–H and O–H groups in total. The molecule has 0 fully saturated rings. The number of likely N-dealkylation sites (N-methyl/N-ethyl adjacent to an activating group) is 1. The zero-order valence-corrected chi connectivity index (χ0v) is 16.0. The highest BCUT2D eigenvalue weighted by Crippen LogP contribution is 2.37. The second-order valence-corrected chi connectivity index (χ2v) is 7.20. The standard InChI is InChI=1S/C21H20ClN3O2/c1-3-13-4-10-16(11-5-13)25-12-17-18(20(25)26)19(23-21(27)24(17)2)14-6-8-15(22)9-7-14/h4-11,19H,3,12H2,1-2H3,(H,23,27). The molecule has 27 heavy (non-hydrogen) atoms. The van der Waals surface area contributed by atoms with E-state index >= 15 is 0 Å². The Morgan fingerprint density at radius 1 is 1.07 bits per heavy atom. The summed E-state index contributed by atoms with van der Waals surface area (Å²) in [4.78, 5) is 29.0. The predicted octanol–water partition coefficient (Wildman–Crippen LogP) is 3.90. The third-order valence-electron chi connectivity index (χ3n) is 5.22. The number of nitrogens with one attached hydrogen (secondary N) is 1. The van der Waals surface area contributed by atoms with Crippen molar-refractivity contribution in [3.05, 3.63) is 76.0 Å². The van der Waals surface area contributed by atoms with Crippen molar-refractivity contribution in [2.24, 2.45) is 0 Å². The molecular weight excluding hydrogens is 362 g/mol. The molecule has 2 aromatic rings. The Kier molecular flexibility index (Phi) is 4.40. The van der Waals surface area contributed by atoms with Gasteiger partial charge in [-0.1, -0.05) is 42.8 Å². The average molecular weight is 382 g/mol. The molecule has 1 atom stereocenters. The van der Waals surface area contributed by atoms with E-state index in [1.54, 1.807) is 24.1 Å². The molecule has 0 aliphatic carbocycles. The molecule has 2 aliphatic rings. The van der Waals surface area contributed by atoms with E-state index in [0.29, 0.717) is 17.1 Å². The lowest BCUT2D eigenvalue weighted by atomic mass is 9.96. The third kappa shape index (κ3) is 2.98. The molecular formula is C21H20ClN3O2. The van der Waals surface area contributed by atoms with Gasteiger partial charge >= 0.3 is 6.03 Å². The molecule has 0 saturated carbocycles. The minimum absolute atomic E-state index is 0.0824. The second-order valence-electron chi connectivity index (χ2n) is 6.76. The van der Waals surface area contributed by atoms with E-state index in [1.807, 2.05) is 36.4 Å². The van der Waals surface area contributed by atoms with E-state index in [9.17, 15) is 9.59 Å². The van der Waals surface area contributed by atoms with Gasteiger partial charge in [0.2, 0.25) is 0 Å². The summed E-state index contributed by atoms with van der Waals surface area (Å²) < 4.78 is 0. The van der Waals surface area contributed by atoms with E-state index in [4.69, 9.17) is 11.6 Å². The number of rotatable bonds is 3. The van der Waals surface area contributed by atoms with E-state index in [1.165, 1.54) is 10.5 Å². The predicted molar refractivity (Wildman–Crippen MR) is 106 cm³/mol. The van der Waals surface area contributed by atoms with Crippen LogP contribution in [0.1, 0.15) is 24.1 Å². The Morgan fingerprint density at radius 2 is 1.74 bits per heavy atom. The molecule has 2 heterocycles. The SMILES string of the molecule is CCc1ccc(N2CC3=C(C2=O)C(c2ccc(Cl)cc2)NC(=O)N3C)cc1. The van der Waals surface area contributed by atoms with Crippen molar-refractivity contribution in [2.75, 3.05) is 18.5 Å². The monoisotopic (exact) mass is 381 g/mol. The van der Waals surface area contributed by atoms with Crippen LogP contribution in [-0.2, 0) is 11.2 Å².